The summed E-state index contributed by atoms with van der Waals surface area (Å²) >= 11 is 0. The molecule has 19 heteroatoms. The van der Waals surface area contributed by atoms with Crippen LogP contribution < -0.4 is 0 Å². The van der Waals surface area contributed by atoms with Crippen LogP contribution in [0.5, 0.6) is 0 Å². The molecule has 0 heterocycles. The van der Waals surface area contributed by atoms with Gasteiger partial charge >= 0.3 is 11.9 Å². The van der Waals surface area contributed by atoms with Crippen LogP contribution in [-0.4, -0.2) is 229 Å². The first-order valence-electron chi connectivity index (χ1n) is 23.3. The van der Waals surface area contributed by atoms with Crippen LogP contribution in [0.1, 0.15) is 129 Å². The lowest BCUT2D eigenvalue weighted by Gasteiger charge is -2.09. The Balaban J connectivity index is -0.0000000639. The van der Waals surface area contributed by atoms with E-state index in [-0.39, 0.29) is 80.6 Å². The van der Waals surface area contributed by atoms with Crippen molar-refractivity contribution < 1.29 is 90.1 Å². The number of hydrogen-bond acceptors (Lipinski definition) is 19. The summed E-state index contributed by atoms with van der Waals surface area (Å²) in [7, 11) is 23.4. The summed E-state index contributed by atoms with van der Waals surface area (Å²) in [6.07, 6.45) is 10.2. The lowest BCUT2D eigenvalue weighted by atomic mass is 10.2. The molecule has 0 bridgehead atoms. The summed E-state index contributed by atoms with van der Waals surface area (Å²) in [5.41, 5.74) is 0. The zero-order valence-corrected chi connectivity index (χ0v) is 45.9. The maximum atomic E-state index is 11.4. The highest BCUT2D eigenvalue weighted by Gasteiger charge is 2.05. The van der Waals surface area contributed by atoms with E-state index in [4.69, 9.17) is 61.6 Å². The molecule has 0 amide bonds. The van der Waals surface area contributed by atoms with Crippen LogP contribution in [0.2, 0.25) is 0 Å². The third-order valence-corrected chi connectivity index (χ3v) is 8.12. The number of methoxy groups -OCH3 is 14. The van der Waals surface area contributed by atoms with Gasteiger partial charge in [-0.3, -0.25) is 9.59 Å². The van der Waals surface area contributed by atoms with Gasteiger partial charge in [0.2, 0.25) is 0 Å². The SMILES string of the molecule is C.C.C.C.C.CCC(COC)OC.COCC(C)OC.COCC(C)OC.COCCCCCC(=O)OCCOCCOC(=O)CCCCCOC.COCCCCOC.COCCOC.COCCOC. The van der Waals surface area contributed by atoms with Crippen molar-refractivity contribution in [2.45, 2.75) is 147 Å². The highest BCUT2D eigenvalue weighted by atomic mass is 16.6. The first-order chi connectivity index (χ1) is 32.4. The molecule has 0 spiro atoms. The summed E-state index contributed by atoms with van der Waals surface area (Å²) in [6.45, 7) is 15.0. The molecule has 0 aliphatic rings. The molecule has 0 rings (SSSR count). The van der Waals surface area contributed by atoms with Gasteiger partial charge in [0.15, 0.2) is 0 Å². The van der Waals surface area contributed by atoms with E-state index in [9.17, 15) is 9.59 Å². The number of rotatable bonds is 39. The Kier molecular flexibility index (Phi) is 141. The molecule has 452 valence electrons. The van der Waals surface area contributed by atoms with Crippen molar-refractivity contribution in [1.82, 2.24) is 0 Å². The van der Waals surface area contributed by atoms with E-state index in [0.29, 0.717) is 72.3 Å². The van der Waals surface area contributed by atoms with Crippen LogP contribution in [0, 0.1) is 0 Å². The Hall–Kier alpha value is -1.66. The summed E-state index contributed by atoms with van der Waals surface area (Å²) < 4.78 is 82.7. The zero-order chi connectivity index (χ0) is 52.3. The lowest BCUT2D eigenvalue weighted by Crippen LogP contribution is -2.15. The molecule has 0 aromatic carbocycles. The maximum Gasteiger partial charge on any atom is 0.305 e. The van der Waals surface area contributed by atoms with Gasteiger partial charge in [0.1, 0.15) is 13.2 Å². The second kappa shape index (κ2) is 102. The summed E-state index contributed by atoms with van der Waals surface area (Å²) in [5.74, 6) is -0.415. The van der Waals surface area contributed by atoms with Crippen LogP contribution in [0.15, 0.2) is 0 Å². The molecule has 3 unspecified atom stereocenters. The highest BCUT2D eigenvalue weighted by Crippen LogP contribution is 2.03. The second-order valence-electron chi connectivity index (χ2n) is 14.0. The minimum absolute atomic E-state index is 0. The average molecular weight is 1070 g/mol. The number of carbonyl (C=O) groups excluding carboxylic acids is 2. The van der Waals surface area contributed by atoms with Gasteiger partial charge < -0.3 is 80.5 Å². The predicted octanol–water partition coefficient (Wildman–Crippen LogP) is 9.69. The fraction of sp³-hybridized carbons (Fsp3) is 0.962. The van der Waals surface area contributed by atoms with E-state index in [2.05, 4.69) is 25.9 Å². The van der Waals surface area contributed by atoms with Crippen LogP contribution >= 0.6 is 0 Å². The molecule has 0 N–H and O–H groups in total. The van der Waals surface area contributed by atoms with E-state index in [1.54, 1.807) is 99.5 Å². The Morgan fingerprint density at radius 1 is 0.319 bits per heavy atom. The van der Waals surface area contributed by atoms with Gasteiger partial charge in [-0.1, -0.05) is 56.9 Å². The lowest BCUT2D eigenvalue weighted by molar-refractivity contribution is -0.146. The Morgan fingerprint density at radius 3 is 0.792 bits per heavy atom. The standard InChI is InChI=1S/C18H34O7.2C6H14O2.2C5H12O2.2C4H10O2.5CH4/c1-21-11-7-3-5-9-17(19)24-15-13-23-14-16-25-18(20)10-6-4-8-12-22-2;1-7-5-3-4-6-8-2;1-4-6(8-3)5-7-2;2*1-5(7-3)4-6-2;2*1-5-3-4-6-2;;;;;/h3-16H2,1-2H3;3-6H2,1-2H3;6H,4-5H2,1-3H3;2*5H,4H2,1-3H3;2*3-4H2,1-2H3;5*1H4. The van der Waals surface area contributed by atoms with Crippen LogP contribution in [0.3, 0.4) is 0 Å². The minimum Gasteiger partial charge on any atom is -0.463 e. The molecule has 19 nitrogen and oxygen atoms in total. The highest BCUT2D eigenvalue weighted by molar-refractivity contribution is 5.69. The smallest absolute Gasteiger partial charge is 0.305 e. The monoisotopic (exact) mass is 1070 g/mol. The molecule has 0 fully saturated rings. The van der Waals surface area contributed by atoms with E-state index in [1.807, 2.05) is 13.8 Å². The predicted molar refractivity (Wildman–Crippen MR) is 297 cm³/mol. The third kappa shape index (κ3) is 122. The molecule has 0 aromatic heterocycles. The fourth-order valence-corrected chi connectivity index (χ4v) is 4.03. The van der Waals surface area contributed by atoms with Crippen molar-refractivity contribution in [3.63, 3.8) is 0 Å². The van der Waals surface area contributed by atoms with Gasteiger partial charge in [-0.15, -0.1) is 0 Å². The van der Waals surface area contributed by atoms with E-state index in [1.165, 1.54) is 0 Å². The minimum atomic E-state index is -0.207. The summed E-state index contributed by atoms with van der Waals surface area (Å²) in [5, 5.41) is 0. The molecule has 0 aromatic rings. The number of hydrogen-bond donors (Lipinski definition) is 0. The Bertz CT molecular complexity index is 752. The number of unbranched alkanes of at least 4 members (excludes halogenated alkanes) is 5. The molecule has 0 radical (unpaired) electrons. The Labute approximate surface area is 446 Å². The molecule has 0 saturated carbocycles. The zero-order valence-electron chi connectivity index (χ0n) is 45.9. The first-order valence-corrected chi connectivity index (χ1v) is 23.3. The van der Waals surface area contributed by atoms with Gasteiger partial charge in [0, 0.05) is 139 Å². The molecule has 72 heavy (non-hydrogen) atoms. The van der Waals surface area contributed by atoms with E-state index < -0.39 is 0 Å². The van der Waals surface area contributed by atoms with Crippen molar-refractivity contribution >= 4 is 11.9 Å². The first kappa shape index (κ1) is 99.4. The number of carbonyl (C=O) groups is 2. The van der Waals surface area contributed by atoms with Gasteiger partial charge in [-0.2, -0.15) is 0 Å². The molecule has 0 aliphatic heterocycles. The topological polar surface area (TPSA) is 191 Å². The Morgan fingerprint density at radius 2 is 0.597 bits per heavy atom. The number of esters is 2. The van der Waals surface area contributed by atoms with Crippen LogP contribution in [-0.2, 0) is 90.1 Å². The second-order valence-corrected chi connectivity index (χ2v) is 14.0. The fourth-order valence-electron chi connectivity index (χ4n) is 4.03. The molecular formula is C53H126O19. The number of ether oxygens (including phenoxy) is 17. The van der Waals surface area contributed by atoms with Gasteiger partial charge in [0.05, 0.1) is 77.8 Å². The molecule has 0 aliphatic carbocycles. The van der Waals surface area contributed by atoms with Crippen molar-refractivity contribution in [3.05, 3.63) is 0 Å². The molecule has 0 saturated heterocycles. The maximum absolute atomic E-state index is 11.4. The normalized spacial score (nSPS) is 10.6. The third-order valence-electron chi connectivity index (χ3n) is 8.12. The largest absolute Gasteiger partial charge is 0.463 e. The van der Waals surface area contributed by atoms with Crippen molar-refractivity contribution in [1.29, 1.82) is 0 Å². The van der Waals surface area contributed by atoms with Crippen molar-refractivity contribution in [2.24, 2.45) is 0 Å². The molecule has 3 atom stereocenters. The van der Waals surface area contributed by atoms with E-state index in [0.717, 1.165) is 84.2 Å². The average Bonchev–Trinajstić information content (AvgIpc) is 3.34. The van der Waals surface area contributed by atoms with Gasteiger partial charge in [0.25, 0.3) is 0 Å². The van der Waals surface area contributed by atoms with Crippen molar-refractivity contribution in [2.75, 3.05) is 199 Å². The summed E-state index contributed by atoms with van der Waals surface area (Å²) in [6, 6.07) is 0. The quantitative estimate of drug-likeness (QED) is 0.0417. The molecular weight excluding hydrogens is 941 g/mol. The van der Waals surface area contributed by atoms with E-state index >= 15 is 0 Å². The van der Waals surface area contributed by atoms with Gasteiger partial charge in [-0.05, 0) is 58.8 Å². The van der Waals surface area contributed by atoms with Crippen molar-refractivity contribution in [3.8, 4) is 0 Å². The van der Waals surface area contributed by atoms with Crippen LogP contribution in [0.25, 0.3) is 0 Å². The van der Waals surface area contributed by atoms with Gasteiger partial charge in [-0.25, -0.2) is 0 Å². The van der Waals surface area contributed by atoms with Crippen LogP contribution in [0.4, 0.5) is 0 Å². The summed E-state index contributed by atoms with van der Waals surface area (Å²) in [4.78, 5) is 22.9.